The normalized spacial score (nSPS) is 20.5. The number of halogens is 1. The minimum atomic E-state index is -0.300. The summed E-state index contributed by atoms with van der Waals surface area (Å²) < 4.78 is 13.4. The van der Waals surface area contributed by atoms with Gasteiger partial charge in [0.2, 0.25) is 5.91 Å². The molecule has 0 saturated carbocycles. The molecule has 1 N–H and O–H groups in total. The van der Waals surface area contributed by atoms with Gasteiger partial charge in [0.05, 0.1) is 12.0 Å². The van der Waals surface area contributed by atoms with Crippen molar-refractivity contribution in [1.29, 1.82) is 0 Å². The van der Waals surface area contributed by atoms with Gasteiger partial charge in [0.1, 0.15) is 5.82 Å². The number of nitrogens with one attached hydrogen (secondary N) is 1. The predicted octanol–water partition coefficient (Wildman–Crippen LogP) is 4.33. The average molecular weight is 382 g/mol. The molecule has 0 spiro atoms. The van der Waals surface area contributed by atoms with Crippen LogP contribution in [0.5, 0.6) is 0 Å². The molecule has 1 heterocycles. The molecule has 2 amide bonds. The van der Waals surface area contributed by atoms with Crippen LogP contribution in [-0.2, 0) is 4.79 Å². The van der Waals surface area contributed by atoms with Crippen molar-refractivity contribution in [2.75, 3.05) is 6.54 Å². The van der Waals surface area contributed by atoms with Gasteiger partial charge < -0.3 is 10.2 Å². The monoisotopic (exact) mass is 382 g/mol. The Kier molecular flexibility index (Phi) is 6.45. The summed E-state index contributed by atoms with van der Waals surface area (Å²) in [7, 11) is 0. The summed E-state index contributed by atoms with van der Waals surface area (Å²) in [4.78, 5) is 27.6. The van der Waals surface area contributed by atoms with E-state index < -0.39 is 0 Å². The molecule has 0 aromatic heterocycles. The first-order valence-corrected chi connectivity index (χ1v) is 9.91. The molecule has 4 nitrogen and oxygen atoms in total. The molecule has 5 heteroatoms. The predicted molar refractivity (Wildman–Crippen MR) is 107 cm³/mol. The third kappa shape index (κ3) is 4.58. The molecule has 1 aliphatic heterocycles. The second-order valence-corrected chi connectivity index (χ2v) is 7.48. The van der Waals surface area contributed by atoms with Crippen molar-refractivity contribution in [1.82, 2.24) is 10.2 Å². The van der Waals surface area contributed by atoms with E-state index in [1.54, 1.807) is 29.2 Å². The number of amides is 2. The summed E-state index contributed by atoms with van der Waals surface area (Å²) in [5.74, 6) is -0.640. The first-order valence-electron chi connectivity index (χ1n) is 9.91. The van der Waals surface area contributed by atoms with E-state index in [2.05, 4.69) is 5.32 Å². The molecule has 1 aliphatic rings. The van der Waals surface area contributed by atoms with Crippen molar-refractivity contribution in [2.45, 2.75) is 45.2 Å². The maximum absolute atomic E-state index is 13.4. The highest BCUT2D eigenvalue weighted by Crippen LogP contribution is 2.34. The highest BCUT2D eigenvalue weighted by atomic mass is 19.1. The topological polar surface area (TPSA) is 49.4 Å². The zero-order valence-corrected chi connectivity index (χ0v) is 16.4. The molecule has 2 aromatic rings. The van der Waals surface area contributed by atoms with Gasteiger partial charge in [-0.2, -0.15) is 0 Å². The van der Waals surface area contributed by atoms with Crippen LogP contribution < -0.4 is 5.32 Å². The quantitative estimate of drug-likeness (QED) is 0.837. The van der Waals surface area contributed by atoms with E-state index in [-0.39, 0.29) is 35.6 Å². The first kappa shape index (κ1) is 20.1. The van der Waals surface area contributed by atoms with Crippen LogP contribution in [0.25, 0.3) is 0 Å². The fourth-order valence-electron chi connectivity index (χ4n) is 3.65. The number of carbonyl (C=O) groups excluding carboxylic acids is 2. The molecule has 0 bridgehead atoms. The Morgan fingerprint density at radius 3 is 2.43 bits per heavy atom. The number of piperidine rings is 1. The standard InChI is InChI=1S/C23H27FN2O2/c1-3-16(2)25-22(27)19-11-14-21(17-9-12-20(24)13-10-17)26(15-19)23(28)18-7-5-4-6-8-18/h4-10,12-13,16,19,21H,3,11,14-15H2,1-2H3,(H,25,27)/t16-,19+,21+/m0/s1. The zero-order chi connectivity index (χ0) is 20.1. The number of benzene rings is 2. The Bertz CT molecular complexity index is 807. The lowest BCUT2D eigenvalue weighted by atomic mass is 9.87. The largest absolute Gasteiger partial charge is 0.353 e. The first-order chi connectivity index (χ1) is 13.5. The average Bonchev–Trinajstić information content (AvgIpc) is 2.74. The van der Waals surface area contributed by atoms with Gasteiger partial charge in [-0.05, 0) is 56.0 Å². The number of hydrogen-bond donors (Lipinski definition) is 1. The minimum Gasteiger partial charge on any atom is -0.353 e. The van der Waals surface area contributed by atoms with Crippen LogP contribution in [0.3, 0.4) is 0 Å². The van der Waals surface area contributed by atoms with Gasteiger partial charge in [0, 0.05) is 18.2 Å². The summed E-state index contributed by atoms with van der Waals surface area (Å²) in [6.07, 6.45) is 2.23. The van der Waals surface area contributed by atoms with E-state index in [0.717, 1.165) is 12.0 Å². The lowest BCUT2D eigenvalue weighted by Gasteiger charge is -2.40. The number of hydrogen-bond acceptors (Lipinski definition) is 2. The molecular weight excluding hydrogens is 355 g/mol. The summed E-state index contributed by atoms with van der Waals surface area (Å²) in [5, 5.41) is 3.03. The second-order valence-electron chi connectivity index (χ2n) is 7.48. The van der Waals surface area contributed by atoms with Gasteiger partial charge in [-0.25, -0.2) is 4.39 Å². The molecule has 3 rings (SSSR count). The van der Waals surface area contributed by atoms with Crippen molar-refractivity contribution in [3.63, 3.8) is 0 Å². The molecule has 28 heavy (non-hydrogen) atoms. The molecule has 3 atom stereocenters. The summed E-state index contributed by atoms with van der Waals surface area (Å²) in [6.45, 7) is 4.37. The number of rotatable bonds is 5. The van der Waals surface area contributed by atoms with Crippen molar-refractivity contribution in [2.24, 2.45) is 5.92 Å². The van der Waals surface area contributed by atoms with Gasteiger partial charge in [0.25, 0.3) is 5.91 Å². The molecular formula is C23H27FN2O2. The summed E-state index contributed by atoms with van der Waals surface area (Å²) in [5.41, 5.74) is 1.49. The molecule has 148 valence electrons. The van der Waals surface area contributed by atoms with Crippen LogP contribution in [0, 0.1) is 11.7 Å². The van der Waals surface area contributed by atoms with Crippen LogP contribution in [0.2, 0.25) is 0 Å². The molecule has 2 aromatic carbocycles. The maximum Gasteiger partial charge on any atom is 0.254 e. The smallest absolute Gasteiger partial charge is 0.254 e. The Labute approximate surface area is 165 Å². The van der Waals surface area contributed by atoms with Crippen LogP contribution in [-0.4, -0.2) is 29.3 Å². The Hall–Kier alpha value is -2.69. The molecule has 0 radical (unpaired) electrons. The van der Waals surface area contributed by atoms with Crippen LogP contribution in [0.15, 0.2) is 54.6 Å². The van der Waals surface area contributed by atoms with E-state index in [0.29, 0.717) is 24.9 Å². The lowest BCUT2D eigenvalue weighted by Crippen LogP contribution is -2.48. The zero-order valence-electron chi connectivity index (χ0n) is 16.4. The van der Waals surface area contributed by atoms with Gasteiger partial charge in [-0.3, -0.25) is 9.59 Å². The fraction of sp³-hybridized carbons (Fsp3) is 0.391. The second kappa shape index (κ2) is 9.00. The third-order valence-corrected chi connectivity index (χ3v) is 5.49. The lowest BCUT2D eigenvalue weighted by molar-refractivity contribution is -0.127. The van der Waals surface area contributed by atoms with Gasteiger partial charge in [0.15, 0.2) is 0 Å². The SMILES string of the molecule is CC[C@H](C)NC(=O)[C@@H]1CC[C@H](c2ccc(F)cc2)N(C(=O)c2ccccc2)C1. The third-order valence-electron chi connectivity index (χ3n) is 5.49. The van der Waals surface area contributed by atoms with Gasteiger partial charge >= 0.3 is 0 Å². The van der Waals surface area contributed by atoms with Crippen LogP contribution in [0.1, 0.15) is 55.1 Å². The fourth-order valence-corrected chi connectivity index (χ4v) is 3.65. The van der Waals surface area contributed by atoms with Crippen LogP contribution in [0.4, 0.5) is 4.39 Å². The maximum atomic E-state index is 13.4. The summed E-state index contributed by atoms with van der Waals surface area (Å²) >= 11 is 0. The number of likely N-dealkylation sites (tertiary alicyclic amines) is 1. The number of carbonyl (C=O) groups is 2. The van der Waals surface area contributed by atoms with Crippen molar-refractivity contribution in [3.05, 3.63) is 71.5 Å². The highest BCUT2D eigenvalue weighted by Gasteiger charge is 2.36. The molecule has 1 fully saturated rings. The van der Waals surface area contributed by atoms with E-state index in [4.69, 9.17) is 0 Å². The van der Waals surface area contributed by atoms with E-state index in [1.165, 1.54) is 12.1 Å². The summed E-state index contributed by atoms with van der Waals surface area (Å²) in [6, 6.07) is 15.3. The molecule has 0 aliphatic carbocycles. The van der Waals surface area contributed by atoms with Gasteiger partial charge in [-0.15, -0.1) is 0 Å². The highest BCUT2D eigenvalue weighted by molar-refractivity contribution is 5.95. The molecule has 0 unspecified atom stereocenters. The van der Waals surface area contributed by atoms with E-state index in [9.17, 15) is 14.0 Å². The Balaban J connectivity index is 1.85. The van der Waals surface area contributed by atoms with Gasteiger partial charge in [-0.1, -0.05) is 37.3 Å². The molecule has 1 saturated heterocycles. The minimum absolute atomic E-state index is 0.00207. The van der Waals surface area contributed by atoms with Crippen molar-refractivity contribution >= 4 is 11.8 Å². The number of nitrogens with zero attached hydrogens (tertiary/aromatic N) is 1. The van der Waals surface area contributed by atoms with Crippen LogP contribution >= 0.6 is 0 Å². The van der Waals surface area contributed by atoms with Crippen molar-refractivity contribution < 1.29 is 14.0 Å². The van der Waals surface area contributed by atoms with E-state index in [1.807, 2.05) is 32.0 Å². The van der Waals surface area contributed by atoms with Crippen molar-refractivity contribution in [3.8, 4) is 0 Å². The van der Waals surface area contributed by atoms with E-state index >= 15 is 0 Å². The Morgan fingerprint density at radius 1 is 1.11 bits per heavy atom. The Morgan fingerprint density at radius 2 is 1.79 bits per heavy atom.